The predicted octanol–water partition coefficient (Wildman–Crippen LogP) is 2.51. The molecule has 0 aromatic rings. The highest BCUT2D eigenvalue weighted by atomic mass is 19.4. The van der Waals surface area contributed by atoms with E-state index < -0.39 is 23.7 Å². The molecule has 1 rings (SSSR count). The Kier molecular flexibility index (Phi) is 2.94. The minimum absolute atomic E-state index is 0.00414. The third kappa shape index (κ3) is 2.79. The molecule has 0 aromatic heterocycles. The van der Waals surface area contributed by atoms with Crippen molar-refractivity contribution in [2.24, 2.45) is 11.3 Å². The number of carbonyl (C=O) groups excluding carboxylic acids is 2. The van der Waals surface area contributed by atoms with Crippen molar-refractivity contribution >= 4 is 11.6 Å². The molecule has 1 unspecified atom stereocenters. The normalized spacial score (nSPS) is 26.5. The topological polar surface area (TPSA) is 34.1 Å². The van der Waals surface area contributed by atoms with Gasteiger partial charge in [-0.15, -0.1) is 0 Å². The molecule has 0 heterocycles. The van der Waals surface area contributed by atoms with Crippen molar-refractivity contribution in [2.45, 2.75) is 39.3 Å². The van der Waals surface area contributed by atoms with Gasteiger partial charge in [0.05, 0.1) is 5.92 Å². The van der Waals surface area contributed by atoms with Crippen LogP contribution in [0, 0.1) is 11.3 Å². The first-order chi connectivity index (χ1) is 6.63. The fraction of sp³-hybridized carbons (Fsp3) is 0.800. The molecular formula is C10H13F3O2. The summed E-state index contributed by atoms with van der Waals surface area (Å²) in [5, 5.41) is 0. The lowest BCUT2D eigenvalue weighted by Crippen LogP contribution is -2.41. The average molecular weight is 222 g/mol. The van der Waals surface area contributed by atoms with E-state index in [2.05, 4.69) is 0 Å². The molecule has 1 fully saturated rings. The van der Waals surface area contributed by atoms with E-state index >= 15 is 0 Å². The summed E-state index contributed by atoms with van der Waals surface area (Å²) in [4.78, 5) is 22.2. The first kappa shape index (κ1) is 12.2. The lowest BCUT2D eigenvalue weighted by atomic mass is 9.70. The zero-order valence-electron chi connectivity index (χ0n) is 8.65. The summed E-state index contributed by atoms with van der Waals surface area (Å²) < 4.78 is 36.5. The van der Waals surface area contributed by atoms with E-state index in [4.69, 9.17) is 0 Å². The summed E-state index contributed by atoms with van der Waals surface area (Å²) in [7, 11) is 0. The number of hydrogen-bond donors (Lipinski definition) is 0. The van der Waals surface area contributed by atoms with E-state index in [9.17, 15) is 22.8 Å². The number of hydrogen-bond acceptors (Lipinski definition) is 2. The van der Waals surface area contributed by atoms with Gasteiger partial charge in [-0.05, 0) is 18.3 Å². The first-order valence-corrected chi connectivity index (χ1v) is 4.77. The van der Waals surface area contributed by atoms with Crippen molar-refractivity contribution in [3.63, 3.8) is 0 Å². The smallest absolute Gasteiger partial charge is 0.299 e. The van der Waals surface area contributed by atoms with Crippen molar-refractivity contribution in [3.05, 3.63) is 0 Å². The van der Waals surface area contributed by atoms with E-state index in [0.717, 1.165) is 0 Å². The number of Topliss-reactive ketones (excluding diaryl/α,β-unsaturated/α-hetero) is 2. The van der Waals surface area contributed by atoms with Gasteiger partial charge < -0.3 is 0 Å². The Bertz CT molecular complexity index is 292. The van der Waals surface area contributed by atoms with Gasteiger partial charge in [-0.25, -0.2) is 0 Å². The fourth-order valence-corrected chi connectivity index (χ4v) is 1.84. The van der Waals surface area contributed by atoms with Gasteiger partial charge in [0, 0.05) is 6.42 Å². The van der Waals surface area contributed by atoms with Crippen LogP contribution in [0.3, 0.4) is 0 Å². The van der Waals surface area contributed by atoms with Crippen LogP contribution in [0.2, 0.25) is 0 Å². The Morgan fingerprint density at radius 3 is 2.40 bits per heavy atom. The molecule has 0 radical (unpaired) electrons. The summed E-state index contributed by atoms with van der Waals surface area (Å²) in [6.07, 6.45) is -4.27. The van der Waals surface area contributed by atoms with E-state index in [1.807, 2.05) is 0 Å². The summed E-state index contributed by atoms with van der Waals surface area (Å²) >= 11 is 0. The molecule has 0 spiro atoms. The van der Waals surface area contributed by atoms with Crippen molar-refractivity contribution in [2.75, 3.05) is 0 Å². The second kappa shape index (κ2) is 3.61. The van der Waals surface area contributed by atoms with Crippen molar-refractivity contribution < 1.29 is 22.8 Å². The third-order valence-corrected chi connectivity index (χ3v) is 2.79. The summed E-state index contributed by atoms with van der Waals surface area (Å²) in [5.74, 6) is -3.94. The largest absolute Gasteiger partial charge is 0.450 e. The maximum absolute atomic E-state index is 12.2. The molecule has 1 aliphatic rings. The van der Waals surface area contributed by atoms with E-state index in [-0.39, 0.29) is 18.3 Å². The standard InChI is InChI=1S/C10H13F3O2/c1-9(2)4-3-7(14)6(5-9)8(15)10(11,12)13/h6H,3-5H2,1-2H3. The molecule has 0 amide bonds. The van der Waals surface area contributed by atoms with E-state index in [1.165, 1.54) is 0 Å². The molecule has 0 aliphatic heterocycles. The van der Waals surface area contributed by atoms with Crippen LogP contribution in [0.15, 0.2) is 0 Å². The van der Waals surface area contributed by atoms with Crippen molar-refractivity contribution in [1.82, 2.24) is 0 Å². The Labute approximate surface area is 85.8 Å². The molecule has 0 N–H and O–H groups in total. The zero-order valence-corrected chi connectivity index (χ0v) is 8.65. The Hall–Kier alpha value is -0.870. The number of rotatable bonds is 1. The molecule has 1 saturated carbocycles. The molecule has 0 aromatic carbocycles. The van der Waals surface area contributed by atoms with Crippen LogP contribution >= 0.6 is 0 Å². The van der Waals surface area contributed by atoms with Gasteiger partial charge >= 0.3 is 6.18 Å². The third-order valence-electron chi connectivity index (χ3n) is 2.79. The summed E-state index contributed by atoms with van der Waals surface area (Å²) in [5.41, 5.74) is -0.362. The molecule has 5 heteroatoms. The highest BCUT2D eigenvalue weighted by Gasteiger charge is 2.49. The predicted molar refractivity (Wildman–Crippen MR) is 47.2 cm³/mol. The van der Waals surface area contributed by atoms with Crippen molar-refractivity contribution in [1.29, 1.82) is 0 Å². The van der Waals surface area contributed by atoms with Crippen molar-refractivity contribution in [3.8, 4) is 0 Å². The van der Waals surface area contributed by atoms with Gasteiger partial charge in [-0.3, -0.25) is 9.59 Å². The van der Waals surface area contributed by atoms with Crippen LogP contribution in [0.25, 0.3) is 0 Å². The molecule has 0 saturated heterocycles. The van der Waals surface area contributed by atoms with Crippen LogP contribution in [0.5, 0.6) is 0 Å². The quantitative estimate of drug-likeness (QED) is 0.639. The monoisotopic (exact) mass is 222 g/mol. The lowest BCUT2D eigenvalue weighted by Gasteiger charge is -2.33. The second-order valence-corrected chi connectivity index (χ2v) is 4.75. The Morgan fingerprint density at radius 1 is 1.40 bits per heavy atom. The average Bonchev–Trinajstić information content (AvgIpc) is 2.06. The minimum Gasteiger partial charge on any atom is -0.299 e. The molecule has 1 atom stereocenters. The fourth-order valence-electron chi connectivity index (χ4n) is 1.84. The van der Waals surface area contributed by atoms with Gasteiger partial charge in [-0.2, -0.15) is 13.2 Å². The van der Waals surface area contributed by atoms with Gasteiger partial charge in [-0.1, -0.05) is 13.8 Å². The highest BCUT2D eigenvalue weighted by molar-refractivity contribution is 6.05. The van der Waals surface area contributed by atoms with Gasteiger partial charge in [0.2, 0.25) is 5.78 Å². The summed E-state index contributed by atoms with van der Waals surface area (Å²) in [6, 6.07) is 0. The Balaban J connectivity index is 2.84. The number of ketones is 2. The van der Waals surface area contributed by atoms with Crippen LogP contribution in [0.4, 0.5) is 13.2 Å². The summed E-state index contributed by atoms with van der Waals surface area (Å²) in [6.45, 7) is 3.55. The molecule has 86 valence electrons. The van der Waals surface area contributed by atoms with E-state index in [0.29, 0.717) is 6.42 Å². The molecule has 15 heavy (non-hydrogen) atoms. The number of carbonyl (C=O) groups is 2. The van der Waals surface area contributed by atoms with Crippen LogP contribution in [0.1, 0.15) is 33.1 Å². The SMILES string of the molecule is CC1(C)CCC(=O)C(C(=O)C(F)(F)F)C1. The maximum atomic E-state index is 12.2. The van der Waals surface area contributed by atoms with Crippen LogP contribution < -0.4 is 0 Å². The zero-order chi connectivity index (χ0) is 11.9. The molecule has 1 aliphatic carbocycles. The van der Waals surface area contributed by atoms with Crippen LogP contribution in [-0.4, -0.2) is 17.7 Å². The van der Waals surface area contributed by atoms with Gasteiger partial charge in [0.25, 0.3) is 0 Å². The lowest BCUT2D eigenvalue weighted by molar-refractivity contribution is -0.178. The minimum atomic E-state index is -4.90. The first-order valence-electron chi connectivity index (χ1n) is 4.77. The highest BCUT2D eigenvalue weighted by Crippen LogP contribution is 2.39. The molecular weight excluding hydrogens is 209 g/mol. The number of alkyl halides is 3. The van der Waals surface area contributed by atoms with E-state index in [1.54, 1.807) is 13.8 Å². The van der Waals surface area contributed by atoms with Crippen LogP contribution in [-0.2, 0) is 9.59 Å². The maximum Gasteiger partial charge on any atom is 0.450 e. The Morgan fingerprint density at radius 2 is 1.93 bits per heavy atom. The van der Waals surface area contributed by atoms with Gasteiger partial charge in [0.15, 0.2) is 0 Å². The molecule has 0 bridgehead atoms. The second-order valence-electron chi connectivity index (χ2n) is 4.75. The van der Waals surface area contributed by atoms with Gasteiger partial charge in [0.1, 0.15) is 5.78 Å². The number of halogens is 3. The molecule has 2 nitrogen and oxygen atoms in total.